The van der Waals surface area contributed by atoms with Gasteiger partial charge in [0.25, 0.3) is 0 Å². The molecule has 0 N–H and O–H groups in total. The zero-order chi connectivity index (χ0) is 18.4. The third-order valence-corrected chi connectivity index (χ3v) is 4.50. The van der Waals surface area contributed by atoms with Crippen molar-refractivity contribution in [1.82, 2.24) is 0 Å². The zero-order valence-corrected chi connectivity index (χ0v) is 15.2. The smallest absolute Gasteiger partial charge is 0.134 e. The van der Waals surface area contributed by atoms with Crippen molar-refractivity contribution in [2.45, 2.75) is 32.6 Å². The van der Waals surface area contributed by atoms with E-state index in [2.05, 4.69) is 49.6 Å². The summed E-state index contributed by atoms with van der Waals surface area (Å²) in [5, 5.41) is 1.54. The number of halogens is 1. The van der Waals surface area contributed by atoms with Gasteiger partial charge in [-0.15, -0.1) is 6.58 Å². The first-order valence-electron chi connectivity index (χ1n) is 9.14. The van der Waals surface area contributed by atoms with Crippen LogP contribution in [0.5, 0.6) is 0 Å². The molecule has 0 bridgehead atoms. The largest absolute Gasteiger partial charge is 0.206 e. The number of allylic oxidation sites excluding steroid dienone is 1. The summed E-state index contributed by atoms with van der Waals surface area (Å²) in [5.41, 5.74) is 3.97. The van der Waals surface area contributed by atoms with E-state index in [1.807, 2.05) is 36.4 Å². The summed E-state index contributed by atoms with van der Waals surface area (Å²) in [6, 6.07) is 17.9. The fourth-order valence-corrected chi connectivity index (χ4v) is 3.05. The highest BCUT2D eigenvalue weighted by atomic mass is 19.1. The first-order valence-corrected chi connectivity index (χ1v) is 9.14. The SMILES string of the molecule is C=CCCc1ccc2cc(C#Cc3ccc(CCC)cc3)ccc2c1F. The maximum Gasteiger partial charge on any atom is 0.134 e. The molecule has 0 amide bonds. The molecule has 0 saturated carbocycles. The molecule has 0 aliphatic rings. The van der Waals surface area contributed by atoms with Crippen LogP contribution in [0.25, 0.3) is 10.8 Å². The van der Waals surface area contributed by atoms with Gasteiger partial charge in [-0.2, -0.15) is 0 Å². The zero-order valence-electron chi connectivity index (χ0n) is 15.2. The molecule has 0 aliphatic heterocycles. The average molecular weight is 342 g/mol. The van der Waals surface area contributed by atoms with Gasteiger partial charge in [-0.25, -0.2) is 4.39 Å². The Morgan fingerprint density at radius 2 is 1.65 bits per heavy atom. The maximum atomic E-state index is 14.6. The second-order valence-electron chi connectivity index (χ2n) is 6.50. The minimum atomic E-state index is -0.129. The molecule has 0 aliphatic carbocycles. The Kier molecular flexibility index (Phi) is 5.87. The van der Waals surface area contributed by atoms with Crippen molar-refractivity contribution < 1.29 is 4.39 Å². The second kappa shape index (κ2) is 8.50. The first kappa shape index (κ1) is 18.0. The van der Waals surface area contributed by atoms with Gasteiger partial charge in [0.1, 0.15) is 5.82 Å². The number of benzene rings is 3. The molecule has 0 aromatic heterocycles. The van der Waals surface area contributed by atoms with Crippen molar-refractivity contribution in [2.24, 2.45) is 0 Å². The standard InChI is InChI=1S/C25H23F/c1-3-5-7-22-15-16-23-18-21(14-17-24(23)25(22)26)13-12-20-10-8-19(6-4-2)9-11-20/h3,8-11,14-18H,1,4-7H2,2H3. The predicted octanol–water partition coefficient (Wildman–Crippen LogP) is 6.45. The summed E-state index contributed by atoms with van der Waals surface area (Å²) in [6.45, 7) is 5.88. The molecule has 130 valence electrons. The average Bonchev–Trinajstić information content (AvgIpc) is 2.67. The molecule has 0 radical (unpaired) electrons. The number of hydrogen-bond donors (Lipinski definition) is 0. The summed E-state index contributed by atoms with van der Waals surface area (Å²) < 4.78 is 14.6. The lowest BCUT2D eigenvalue weighted by Gasteiger charge is -2.06. The van der Waals surface area contributed by atoms with Gasteiger partial charge in [0.2, 0.25) is 0 Å². The summed E-state index contributed by atoms with van der Waals surface area (Å²) >= 11 is 0. The van der Waals surface area contributed by atoms with Gasteiger partial charge >= 0.3 is 0 Å². The van der Waals surface area contributed by atoms with E-state index in [9.17, 15) is 4.39 Å². The Labute approximate surface area is 155 Å². The van der Waals surface area contributed by atoms with Crippen molar-refractivity contribution in [2.75, 3.05) is 0 Å². The minimum absolute atomic E-state index is 0.129. The fourth-order valence-electron chi connectivity index (χ4n) is 3.05. The van der Waals surface area contributed by atoms with E-state index in [0.29, 0.717) is 11.8 Å². The lowest BCUT2D eigenvalue weighted by Crippen LogP contribution is -1.92. The predicted molar refractivity (Wildman–Crippen MR) is 109 cm³/mol. The lowest BCUT2D eigenvalue weighted by atomic mass is 10.0. The molecule has 3 aromatic rings. The van der Waals surface area contributed by atoms with E-state index < -0.39 is 0 Å². The van der Waals surface area contributed by atoms with E-state index in [0.717, 1.165) is 41.3 Å². The van der Waals surface area contributed by atoms with E-state index >= 15 is 0 Å². The van der Waals surface area contributed by atoms with Crippen LogP contribution in [0.1, 0.15) is 42.0 Å². The second-order valence-corrected chi connectivity index (χ2v) is 6.50. The molecule has 0 fully saturated rings. The Bertz CT molecular complexity index is 969. The number of aryl methyl sites for hydroxylation is 2. The van der Waals surface area contributed by atoms with Crippen LogP contribution >= 0.6 is 0 Å². The van der Waals surface area contributed by atoms with Crippen LogP contribution < -0.4 is 0 Å². The van der Waals surface area contributed by atoms with Gasteiger partial charge in [0.15, 0.2) is 0 Å². The summed E-state index contributed by atoms with van der Waals surface area (Å²) in [6.07, 6.45) is 5.52. The molecular weight excluding hydrogens is 319 g/mol. The normalized spacial score (nSPS) is 10.4. The van der Waals surface area contributed by atoms with Crippen molar-refractivity contribution in [1.29, 1.82) is 0 Å². The molecule has 0 heterocycles. The van der Waals surface area contributed by atoms with E-state index in [1.54, 1.807) is 0 Å². The number of hydrogen-bond acceptors (Lipinski definition) is 0. The van der Waals surface area contributed by atoms with Crippen molar-refractivity contribution in [3.8, 4) is 11.8 Å². The summed E-state index contributed by atoms with van der Waals surface area (Å²) in [5.74, 6) is 6.25. The van der Waals surface area contributed by atoms with Crippen LogP contribution in [-0.4, -0.2) is 0 Å². The molecule has 0 nitrogen and oxygen atoms in total. The summed E-state index contributed by atoms with van der Waals surface area (Å²) in [4.78, 5) is 0. The molecule has 0 spiro atoms. The summed E-state index contributed by atoms with van der Waals surface area (Å²) in [7, 11) is 0. The minimum Gasteiger partial charge on any atom is -0.206 e. The van der Waals surface area contributed by atoms with Crippen LogP contribution in [-0.2, 0) is 12.8 Å². The number of rotatable bonds is 5. The molecule has 3 aromatic carbocycles. The first-order chi connectivity index (χ1) is 12.7. The number of fused-ring (bicyclic) bond motifs is 1. The van der Waals surface area contributed by atoms with E-state index in [-0.39, 0.29) is 5.82 Å². The third-order valence-electron chi connectivity index (χ3n) is 4.50. The third kappa shape index (κ3) is 4.21. The maximum absolute atomic E-state index is 14.6. The molecule has 0 saturated heterocycles. The molecule has 1 heteroatoms. The lowest BCUT2D eigenvalue weighted by molar-refractivity contribution is 0.621. The van der Waals surface area contributed by atoms with Gasteiger partial charge in [-0.1, -0.05) is 61.6 Å². The van der Waals surface area contributed by atoms with Gasteiger partial charge in [0.05, 0.1) is 0 Å². The fraction of sp³-hybridized carbons (Fsp3) is 0.200. The van der Waals surface area contributed by atoms with Crippen molar-refractivity contribution in [3.63, 3.8) is 0 Å². The molecule has 0 unspecified atom stereocenters. The monoisotopic (exact) mass is 342 g/mol. The van der Waals surface area contributed by atoms with Crippen molar-refractivity contribution >= 4 is 10.8 Å². The van der Waals surface area contributed by atoms with Gasteiger partial charge in [-0.3, -0.25) is 0 Å². The van der Waals surface area contributed by atoms with Crippen LogP contribution in [0.15, 0.2) is 67.3 Å². The van der Waals surface area contributed by atoms with Crippen LogP contribution in [0, 0.1) is 17.7 Å². The van der Waals surface area contributed by atoms with Crippen molar-refractivity contribution in [3.05, 3.63) is 95.3 Å². The molecule has 3 rings (SSSR count). The van der Waals surface area contributed by atoms with E-state index in [1.165, 1.54) is 5.56 Å². The Hall–Kier alpha value is -2.85. The highest BCUT2D eigenvalue weighted by Crippen LogP contribution is 2.23. The molecule has 0 atom stereocenters. The quantitative estimate of drug-likeness (QED) is 0.369. The topological polar surface area (TPSA) is 0 Å². The van der Waals surface area contributed by atoms with E-state index in [4.69, 9.17) is 0 Å². The molecule has 26 heavy (non-hydrogen) atoms. The van der Waals surface area contributed by atoms with Gasteiger partial charge in [0, 0.05) is 16.5 Å². The Morgan fingerprint density at radius 3 is 2.38 bits per heavy atom. The Balaban J connectivity index is 1.84. The highest BCUT2D eigenvalue weighted by molar-refractivity contribution is 5.85. The van der Waals surface area contributed by atoms with Crippen LogP contribution in [0.2, 0.25) is 0 Å². The molecular formula is C25H23F. The Morgan fingerprint density at radius 1 is 0.923 bits per heavy atom. The van der Waals surface area contributed by atoms with Crippen LogP contribution in [0.3, 0.4) is 0 Å². The highest BCUT2D eigenvalue weighted by Gasteiger charge is 2.07. The van der Waals surface area contributed by atoms with Gasteiger partial charge in [-0.05, 0) is 60.0 Å². The van der Waals surface area contributed by atoms with Crippen LogP contribution in [0.4, 0.5) is 4.39 Å². The van der Waals surface area contributed by atoms with Gasteiger partial charge < -0.3 is 0 Å².